The van der Waals surface area contributed by atoms with E-state index < -0.39 is 0 Å². The molecule has 94 valence electrons. The number of rotatable bonds is 3. The van der Waals surface area contributed by atoms with Crippen LogP contribution < -0.4 is 5.32 Å². The highest BCUT2D eigenvalue weighted by molar-refractivity contribution is 7.16. The molecule has 3 heteroatoms. The Labute approximate surface area is 102 Å². The van der Waals surface area contributed by atoms with Crippen LogP contribution in [0.2, 0.25) is 0 Å². The van der Waals surface area contributed by atoms with Gasteiger partial charge in [0.15, 0.2) is 0 Å². The van der Waals surface area contributed by atoms with Crippen LogP contribution in [0, 0.1) is 10.8 Å². The van der Waals surface area contributed by atoms with Gasteiger partial charge in [0.2, 0.25) is 5.91 Å². The second-order valence-corrected chi connectivity index (χ2v) is 6.91. The maximum absolute atomic E-state index is 12.0. The molecule has 0 aromatic heterocycles. The van der Waals surface area contributed by atoms with Crippen molar-refractivity contribution in [1.82, 2.24) is 5.32 Å². The zero-order chi connectivity index (χ0) is 12.4. The third-order valence-corrected chi connectivity index (χ3v) is 4.82. The summed E-state index contributed by atoms with van der Waals surface area (Å²) in [5.41, 5.74) is 0.217. The zero-order valence-electron chi connectivity index (χ0n) is 11.1. The fraction of sp³-hybridized carbons (Fsp3) is 0.923. The molecule has 1 amide bonds. The standard InChI is InChI=1S/C13H26NOP/c1-12(2)7-5-10(6-8-12)14-11(15)13(3,4)9-16/h10H,5-9,16H2,1-4H3,(H,14,15). The van der Waals surface area contributed by atoms with Crippen molar-refractivity contribution in [2.24, 2.45) is 10.8 Å². The molecule has 1 unspecified atom stereocenters. The highest BCUT2D eigenvalue weighted by Crippen LogP contribution is 2.35. The van der Waals surface area contributed by atoms with E-state index in [-0.39, 0.29) is 11.3 Å². The van der Waals surface area contributed by atoms with Gasteiger partial charge in [0.25, 0.3) is 0 Å². The molecule has 1 N–H and O–H groups in total. The van der Waals surface area contributed by atoms with Crippen LogP contribution in [0.25, 0.3) is 0 Å². The van der Waals surface area contributed by atoms with Crippen molar-refractivity contribution in [3.05, 3.63) is 0 Å². The molecule has 0 aromatic carbocycles. The van der Waals surface area contributed by atoms with Crippen LogP contribution in [-0.2, 0) is 4.79 Å². The molecule has 1 fully saturated rings. The van der Waals surface area contributed by atoms with Gasteiger partial charge in [-0.25, -0.2) is 0 Å². The third-order valence-electron chi connectivity index (χ3n) is 3.80. The van der Waals surface area contributed by atoms with Gasteiger partial charge >= 0.3 is 0 Å². The first-order valence-electron chi connectivity index (χ1n) is 6.28. The minimum Gasteiger partial charge on any atom is -0.353 e. The summed E-state index contributed by atoms with van der Waals surface area (Å²) in [7, 11) is 2.66. The van der Waals surface area contributed by atoms with Gasteiger partial charge in [0, 0.05) is 11.5 Å². The van der Waals surface area contributed by atoms with Gasteiger partial charge in [-0.2, -0.15) is 0 Å². The van der Waals surface area contributed by atoms with Crippen molar-refractivity contribution in [2.75, 3.05) is 6.16 Å². The average molecular weight is 243 g/mol. The second-order valence-electron chi connectivity index (χ2n) is 6.50. The van der Waals surface area contributed by atoms with Gasteiger partial charge < -0.3 is 5.32 Å². The quantitative estimate of drug-likeness (QED) is 0.759. The second kappa shape index (κ2) is 5.04. The molecule has 2 nitrogen and oxygen atoms in total. The Balaban J connectivity index is 2.43. The number of carbonyl (C=O) groups excluding carboxylic acids is 1. The first-order chi connectivity index (χ1) is 7.27. The van der Waals surface area contributed by atoms with E-state index >= 15 is 0 Å². The fourth-order valence-electron chi connectivity index (χ4n) is 2.02. The fourth-order valence-corrected chi connectivity index (χ4v) is 2.20. The summed E-state index contributed by atoms with van der Waals surface area (Å²) in [6, 6.07) is 0.399. The summed E-state index contributed by atoms with van der Waals surface area (Å²) in [6.45, 7) is 8.64. The van der Waals surface area contributed by atoms with E-state index in [2.05, 4.69) is 28.4 Å². The van der Waals surface area contributed by atoms with Gasteiger partial charge in [-0.1, -0.05) is 27.7 Å². The Hall–Kier alpha value is -0.100. The lowest BCUT2D eigenvalue weighted by molar-refractivity contribution is -0.129. The molecule has 0 aliphatic heterocycles. The van der Waals surface area contributed by atoms with E-state index in [4.69, 9.17) is 0 Å². The molecule has 1 saturated carbocycles. The van der Waals surface area contributed by atoms with E-state index in [0.717, 1.165) is 19.0 Å². The van der Waals surface area contributed by atoms with Crippen LogP contribution in [-0.4, -0.2) is 18.1 Å². The first kappa shape index (κ1) is 14.0. The minimum absolute atomic E-state index is 0.201. The maximum atomic E-state index is 12.0. The molecule has 0 spiro atoms. The molecule has 0 bridgehead atoms. The number of nitrogens with one attached hydrogen (secondary N) is 1. The Kier molecular flexibility index (Phi) is 4.40. The van der Waals surface area contributed by atoms with Gasteiger partial charge in [0.1, 0.15) is 0 Å². The topological polar surface area (TPSA) is 29.1 Å². The smallest absolute Gasteiger partial charge is 0.226 e. The van der Waals surface area contributed by atoms with Crippen LogP contribution >= 0.6 is 9.24 Å². The molecule has 0 radical (unpaired) electrons. The number of hydrogen-bond acceptors (Lipinski definition) is 1. The molecule has 1 aliphatic carbocycles. The van der Waals surface area contributed by atoms with Gasteiger partial charge in [-0.15, -0.1) is 9.24 Å². The molecule has 1 rings (SSSR count). The molecular formula is C13H26NOP. The number of carbonyl (C=O) groups is 1. The van der Waals surface area contributed by atoms with Crippen LogP contribution in [0.15, 0.2) is 0 Å². The van der Waals surface area contributed by atoms with E-state index in [1.54, 1.807) is 0 Å². The molecular weight excluding hydrogens is 217 g/mol. The number of amides is 1. The Bertz CT molecular complexity index is 251. The predicted octanol–water partition coefficient (Wildman–Crippen LogP) is 2.97. The summed E-state index contributed by atoms with van der Waals surface area (Å²) in [5.74, 6) is 0.201. The van der Waals surface area contributed by atoms with E-state index in [1.165, 1.54) is 12.8 Å². The summed E-state index contributed by atoms with van der Waals surface area (Å²) >= 11 is 0. The largest absolute Gasteiger partial charge is 0.353 e. The van der Waals surface area contributed by atoms with Crippen molar-refractivity contribution >= 4 is 15.1 Å². The summed E-state index contributed by atoms with van der Waals surface area (Å²) in [6.07, 6.45) is 5.52. The van der Waals surface area contributed by atoms with Crippen molar-refractivity contribution < 1.29 is 4.79 Å². The Morgan fingerprint density at radius 2 is 1.88 bits per heavy atom. The molecule has 1 aliphatic rings. The highest BCUT2D eigenvalue weighted by atomic mass is 31.0. The highest BCUT2D eigenvalue weighted by Gasteiger charge is 2.31. The van der Waals surface area contributed by atoms with Crippen LogP contribution in [0.1, 0.15) is 53.4 Å². The first-order valence-corrected chi connectivity index (χ1v) is 7.09. The zero-order valence-corrected chi connectivity index (χ0v) is 12.3. The maximum Gasteiger partial charge on any atom is 0.226 e. The van der Waals surface area contributed by atoms with Gasteiger partial charge in [-0.05, 0) is 37.3 Å². The number of hydrogen-bond donors (Lipinski definition) is 1. The molecule has 0 aromatic rings. The van der Waals surface area contributed by atoms with Gasteiger partial charge in [-0.3, -0.25) is 4.79 Å². The third kappa shape index (κ3) is 3.73. The Morgan fingerprint density at radius 1 is 1.38 bits per heavy atom. The normalized spacial score (nSPS) is 21.8. The lowest BCUT2D eigenvalue weighted by atomic mass is 9.75. The summed E-state index contributed by atoms with van der Waals surface area (Å²) in [5, 5.41) is 3.20. The molecule has 0 heterocycles. The summed E-state index contributed by atoms with van der Waals surface area (Å²) < 4.78 is 0. The predicted molar refractivity (Wildman–Crippen MR) is 72.5 cm³/mol. The van der Waals surface area contributed by atoms with Crippen molar-refractivity contribution in [1.29, 1.82) is 0 Å². The minimum atomic E-state index is -0.252. The van der Waals surface area contributed by atoms with Crippen molar-refractivity contribution in [3.63, 3.8) is 0 Å². The van der Waals surface area contributed by atoms with Crippen molar-refractivity contribution in [3.8, 4) is 0 Å². The van der Waals surface area contributed by atoms with Crippen LogP contribution in [0.3, 0.4) is 0 Å². The monoisotopic (exact) mass is 243 g/mol. The Morgan fingerprint density at radius 3 is 2.31 bits per heavy atom. The molecule has 0 saturated heterocycles. The van der Waals surface area contributed by atoms with Gasteiger partial charge in [0.05, 0.1) is 0 Å². The van der Waals surface area contributed by atoms with Crippen molar-refractivity contribution in [2.45, 2.75) is 59.4 Å². The van der Waals surface area contributed by atoms with Crippen LogP contribution in [0.4, 0.5) is 0 Å². The SMILES string of the molecule is CC1(C)CCC(NC(=O)C(C)(C)CP)CC1. The molecule has 1 atom stereocenters. The summed E-state index contributed by atoms with van der Waals surface area (Å²) in [4.78, 5) is 12.0. The van der Waals surface area contributed by atoms with E-state index in [0.29, 0.717) is 11.5 Å². The molecule has 16 heavy (non-hydrogen) atoms. The van der Waals surface area contributed by atoms with E-state index in [9.17, 15) is 4.79 Å². The lowest BCUT2D eigenvalue weighted by Crippen LogP contribution is -2.45. The lowest BCUT2D eigenvalue weighted by Gasteiger charge is -2.36. The average Bonchev–Trinajstić information content (AvgIpc) is 2.21. The van der Waals surface area contributed by atoms with Crippen LogP contribution in [0.5, 0.6) is 0 Å². The van der Waals surface area contributed by atoms with E-state index in [1.807, 2.05) is 13.8 Å².